The Balaban J connectivity index is 2.35. The largest absolute Gasteiger partial charge is 0.330 e. The van der Waals surface area contributed by atoms with Crippen molar-refractivity contribution in [1.82, 2.24) is 4.90 Å². The first-order chi connectivity index (χ1) is 6.03. The third-order valence-electron chi connectivity index (χ3n) is 3.12. The molecule has 78 valence electrons. The second-order valence-corrected chi connectivity index (χ2v) is 5.34. The summed E-state index contributed by atoms with van der Waals surface area (Å²) in [5, 5.41) is 0. The van der Waals surface area contributed by atoms with Crippen LogP contribution in [0.2, 0.25) is 0 Å². The minimum atomic E-state index is 0.336. The maximum absolute atomic E-state index is 5.74. The first-order valence-corrected chi connectivity index (χ1v) is 5.42. The van der Waals surface area contributed by atoms with Gasteiger partial charge in [-0.3, -0.25) is 0 Å². The summed E-state index contributed by atoms with van der Waals surface area (Å²) >= 11 is 0. The van der Waals surface area contributed by atoms with Gasteiger partial charge in [0.15, 0.2) is 0 Å². The summed E-state index contributed by atoms with van der Waals surface area (Å²) in [6.45, 7) is 7.92. The van der Waals surface area contributed by atoms with Gasteiger partial charge in [-0.25, -0.2) is 0 Å². The summed E-state index contributed by atoms with van der Waals surface area (Å²) in [4.78, 5) is 2.45. The van der Waals surface area contributed by atoms with E-state index in [0.717, 1.165) is 12.5 Å². The summed E-state index contributed by atoms with van der Waals surface area (Å²) in [5.41, 5.74) is 6.08. The Labute approximate surface area is 82.5 Å². The van der Waals surface area contributed by atoms with Crippen LogP contribution < -0.4 is 5.73 Å². The van der Waals surface area contributed by atoms with Crippen LogP contribution in [-0.2, 0) is 0 Å². The standard InChI is InChI=1S/C11H24N2/c1-11(2,9-12)7-10-5-4-6-13(3)8-10/h10H,4-9,12H2,1-3H3. The minimum Gasteiger partial charge on any atom is -0.330 e. The van der Waals surface area contributed by atoms with Gasteiger partial charge in [-0.2, -0.15) is 0 Å². The van der Waals surface area contributed by atoms with E-state index in [1.54, 1.807) is 0 Å². The van der Waals surface area contributed by atoms with Crippen LogP contribution in [0.4, 0.5) is 0 Å². The van der Waals surface area contributed by atoms with Crippen LogP contribution in [-0.4, -0.2) is 31.6 Å². The fraction of sp³-hybridized carbons (Fsp3) is 1.00. The zero-order valence-corrected chi connectivity index (χ0v) is 9.34. The van der Waals surface area contributed by atoms with Gasteiger partial charge < -0.3 is 10.6 Å². The molecule has 0 bridgehead atoms. The number of piperidine rings is 1. The molecule has 0 aliphatic carbocycles. The molecule has 0 spiro atoms. The Hall–Kier alpha value is -0.0800. The van der Waals surface area contributed by atoms with Crippen molar-refractivity contribution in [3.63, 3.8) is 0 Å². The van der Waals surface area contributed by atoms with Crippen LogP contribution in [0, 0.1) is 11.3 Å². The first-order valence-electron chi connectivity index (χ1n) is 5.42. The highest BCUT2D eigenvalue weighted by Crippen LogP contribution is 2.29. The van der Waals surface area contributed by atoms with Crippen molar-refractivity contribution in [2.45, 2.75) is 33.1 Å². The molecule has 2 N–H and O–H groups in total. The topological polar surface area (TPSA) is 29.3 Å². The Bertz CT molecular complexity index is 154. The normalized spacial score (nSPS) is 26.3. The molecule has 0 saturated carbocycles. The van der Waals surface area contributed by atoms with Crippen LogP contribution in [0.25, 0.3) is 0 Å². The molecule has 0 aromatic rings. The highest BCUT2D eigenvalue weighted by atomic mass is 15.1. The Kier molecular flexibility index (Phi) is 3.74. The second-order valence-electron chi connectivity index (χ2n) is 5.34. The summed E-state index contributed by atoms with van der Waals surface area (Å²) in [6, 6.07) is 0. The fourth-order valence-corrected chi connectivity index (χ4v) is 2.30. The van der Waals surface area contributed by atoms with E-state index in [4.69, 9.17) is 5.73 Å². The highest BCUT2D eigenvalue weighted by Gasteiger charge is 2.24. The second kappa shape index (κ2) is 4.43. The molecule has 2 nitrogen and oxygen atoms in total. The number of nitrogens with two attached hydrogens (primary N) is 1. The third kappa shape index (κ3) is 3.65. The highest BCUT2D eigenvalue weighted by molar-refractivity contribution is 4.78. The Morgan fingerprint density at radius 3 is 2.69 bits per heavy atom. The van der Waals surface area contributed by atoms with E-state index in [1.807, 2.05) is 0 Å². The van der Waals surface area contributed by atoms with E-state index in [0.29, 0.717) is 5.41 Å². The van der Waals surface area contributed by atoms with Gasteiger partial charge in [-0.05, 0) is 50.7 Å². The Morgan fingerprint density at radius 2 is 2.15 bits per heavy atom. The van der Waals surface area contributed by atoms with Gasteiger partial charge in [0, 0.05) is 6.54 Å². The minimum absolute atomic E-state index is 0.336. The number of rotatable bonds is 3. The van der Waals surface area contributed by atoms with Gasteiger partial charge in [-0.15, -0.1) is 0 Å². The summed E-state index contributed by atoms with van der Waals surface area (Å²) in [6.07, 6.45) is 4.05. The number of hydrogen-bond donors (Lipinski definition) is 1. The number of nitrogens with zero attached hydrogens (tertiary/aromatic N) is 1. The molecule has 1 fully saturated rings. The van der Waals surface area contributed by atoms with Gasteiger partial charge in [0.25, 0.3) is 0 Å². The van der Waals surface area contributed by atoms with Gasteiger partial charge in [0.2, 0.25) is 0 Å². The molecule has 1 atom stereocenters. The van der Waals surface area contributed by atoms with E-state index in [-0.39, 0.29) is 0 Å². The summed E-state index contributed by atoms with van der Waals surface area (Å²) in [7, 11) is 2.22. The molecule has 1 saturated heterocycles. The molecular formula is C11H24N2. The van der Waals surface area contributed by atoms with Crippen LogP contribution in [0.15, 0.2) is 0 Å². The average molecular weight is 184 g/mol. The van der Waals surface area contributed by atoms with E-state index in [2.05, 4.69) is 25.8 Å². The smallest absolute Gasteiger partial charge is 0.000682 e. The lowest BCUT2D eigenvalue weighted by Crippen LogP contribution is -2.36. The van der Waals surface area contributed by atoms with Crippen LogP contribution in [0.5, 0.6) is 0 Å². The third-order valence-corrected chi connectivity index (χ3v) is 3.12. The van der Waals surface area contributed by atoms with Crippen molar-refractivity contribution >= 4 is 0 Å². The van der Waals surface area contributed by atoms with Gasteiger partial charge in [0.1, 0.15) is 0 Å². The molecule has 2 heteroatoms. The molecule has 0 amide bonds. The lowest BCUT2D eigenvalue weighted by Gasteiger charge is -2.34. The fourth-order valence-electron chi connectivity index (χ4n) is 2.30. The molecule has 1 aliphatic heterocycles. The monoisotopic (exact) mass is 184 g/mol. The predicted molar refractivity (Wildman–Crippen MR) is 57.7 cm³/mol. The number of likely N-dealkylation sites (tertiary alicyclic amines) is 1. The molecule has 0 aromatic carbocycles. The summed E-state index contributed by atoms with van der Waals surface area (Å²) < 4.78 is 0. The summed E-state index contributed by atoms with van der Waals surface area (Å²) in [5.74, 6) is 0.872. The lowest BCUT2D eigenvalue weighted by atomic mass is 9.80. The zero-order chi connectivity index (χ0) is 9.90. The maximum atomic E-state index is 5.74. The van der Waals surface area contributed by atoms with Crippen molar-refractivity contribution in [1.29, 1.82) is 0 Å². The molecular weight excluding hydrogens is 160 g/mol. The van der Waals surface area contributed by atoms with Crippen LogP contribution in [0.3, 0.4) is 0 Å². The molecule has 0 radical (unpaired) electrons. The first kappa shape index (κ1) is 11.0. The van der Waals surface area contributed by atoms with Crippen molar-refractivity contribution in [2.24, 2.45) is 17.1 Å². The average Bonchev–Trinajstić information content (AvgIpc) is 2.03. The van der Waals surface area contributed by atoms with Crippen LogP contribution >= 0.6 is 0 Å². The van der Waals surface area contributed by atoms with Crippen molar-refractivity contribution in [3.8, 4) is 0 Å². The van der Waals surface area contributed by atoms with E-state index in [9.17, 15) is 0 Å². The van der Waals surface area contributed by atoms with Crippen molar-refractivity contribution < 1.29 is 0 Å². The molecule has 1 heterocycles. The van der Waals surface area contributed by atoms with Gasteiger partial charge in [0.05, 0.1) is 0 Å². The zero-order valence-electron chi connectivity index (χ0n) is 9.34. The van der Waals surface area contributed by atoms with E-state index in [1.165, 1.54) is 32.4 Å². The molecule has 1 unspecified atom stereocenters. The number of hydrogen-bond acceptors (Lipinski definition) is 2. The SMILES string of the molecule is CN1CCCC(CC(C)(C)CN)C1. The molecule has 1 rings (SSSR count). The van der Waals surface area contributed by atoms with E-state index >= 15 is 0 Å². The molecule has 1 aliphatic rings. The quantitative estimate of drug-likeness (QED) is 0.723. The van der Waals surface area contributed by atoms with Crippen LogP contribution in [0.1, 0.15) is 33.1 Å². The van der Waals surface area contributed by atoms with Crippen molar-refractivity contribution in [2.75, 3.05) is 26.7 Å². The van der Waals surface area contributed by atoms with Gasteiger partial charge in [-0.1, -0.05) is 13.8 Å². The van der Waals surface area contributed by atoms with Gasteiger partial charge >= 0.3 is 0 Å². The lowest BCUT2D eigenvalue weighted by molar-refractivity contribution is 0.160. The molecule has 0 aromatic heterocycles. The van der Waals surface area contributed by atoms with Crippen molar-refractivity contribution in [3.05, 3.63) is 0 Å². The predicted octanol–water partition coefficient (Wildman–Crippen LogP) is 1.70. The maximum Gasteiger partial charge on any atom is 0.000682 e. The molecule has 13 heavy (non-hydrogen) atoms. The Morgan fingerprint density at radius 1 is 1.46 bits per heavy atom. The van der Waals surface area contributed by atoms with E-state index < -0.39 is 0 Å².